The van der Waals surface area contributed by atoms with Crippen LogP contribution < -0.4 is 14.2 Å². The molecular weight excluding hydrogens is 528 g/mol. The molecule has 6 aliphatic rings. The highest BCUT2D eigenvalue weighted by atomic mass is 16.6. The summed E-state index contributed by atoms with van der Waals surface area (Å²) in [7, 11) is 0. The third-order valence-corrected chi connectivity index (χ3v) is 8.68. The van der Waals surface area contributed by atoms with Crippen LogP contribution in [0.1, 0.15) is 35.1 Å². The smallest absolute Gasteiger partial charge is 0.173 e. The molecule has 41 heavy (non-hydrogen) atoms. The molecule has 0 saturated carbocycles. The molecule has 4 aliphatic heterocycles. The molecular formula is C32H38O9. The van der Waals surface area contributed by atoms with E-state index in [2.05, 4.69) is 12.1 Å². The van der Waals surface area contributed by atoms with Gasteiger partial charge in [0.1, 0.15) is 37.6 Å². The zero-order valence-corrected chi connectivity index (χ0v) is 23.3. The molecule has 0 spiro atoms. The van der Waals surface area contributed by atoms with Crippen LogP contribution in [0, 0.1) is 0 Å². The molecule has 8 rings (SSSR count). The first-order valence-electron chi connectivity index (χ1n) is 15.2. The van der Waals surface area contributed by atoms with Gasteiger partial charge in [-0.05, 0) is 48.9 Å². The molecule has 2 aromatic carbocycles. The molecule has 4 heterocycles. The van der Waals surface area contributed by atoms with Gasteiger partial charge in [-0.15, -0.1) is 0 Å². The zero-order chi connectivity index (χ0) is 27.2. The van der Waals surface area contributed by atoms with Crippen molar-refractivity contribution in [1.29, 1.82) is 0 Å². The van der Waals surface area contributed by atoms with Crippen LogP contribution in [0.15, 0.2) is 24.3 Å². The van der Waals surface area contributed by atoms with Crippen LogP contribution in [-0.4, -0.2) is 89.5 Å². The Kier molecular flexibility index (Phi) is 7.27. The molecule has 0 bridgehead atoms. The lowest BCUT2D eigenvalue weighted by molar-refractivity contribution is 0.0334. The lowest BCUT2D eigenvalue weighted by Gasteiger charge is -2.30. The van der Waals surface area contributed by atoms with Gasteiger partial charge < -0.3 is 42.6 Å². The predicted molar refractivity (Wildman–Crippen MR) is 146 cm³/mol. The second-order valence-electron chi connectivity index (χ2n) is 12.0. The monoisotopic (exact) mass is 566 g/mol. The summed E-state index contributed by atoms with van der Waals surface area (Å²) >= 11 is 0. The van der Waals surface area contributed by atoms with Crippen LogP contribution in [0.4, 0.5) is 0 Å². The number of epoxide rings is 4. The van der Waals surface area contributed by atoms with Crippen LogP contribution in [-0.2, 0) is 54.1 Å². The van der Waals surface area contributed by atoms with Gasteiger partial charge in [0.25, 0.3) is 0 Å². The average Bonchev–Trinajstić information content (AvgIpc) is 3.83. The van der Waals surface area contributed by atoms with Crippen molar-refractivity contribution in [1.82, 2.24) is 0 Å². The van der Waals surface area contributed by atoms with E-state index in [1.54, 1.807) is 0 Å². The van der Waals surface area contributed by atoms with Crippen molar-refractivity contribution in [2.45, 2.75) is 75.1 Å². The Bertz CT molecular complexity index is 1150. The minimum Gasteiger partial charge on any atom is -0.487 e. The number of fused-ring (bicyclic) bond motifs is 2. The fourth-order valence-corrected chi connectivity index (χ4v) is 5.85. The number of benzene rings is 2. The van der Waals surface area contributed by atoms with E-state index in [1.165, 1.54) is 11.1 Å². The quantitative estimate of drug-likeness (QED) is 0.318. The molecule has 9 heteroatoms. The van der Waals surface area contributed by atoms with Crippen LogP contribution in [0.5, 0.6) is 23.0 Å². The Balaban J connectivity index is 1.12. The molecule has 9 nitrogen and oxygen atoms in total. The molecule has 0 radical (unpaired) electrons. The third-order valence-electron chi connectivity index (χ3n) is 8.68. The van der Waals surface area contributed by atoms with E-state index in [0.29, 0.717) is 26.4 Å². The van der Waals surface area contributed by atoms with Crippen molar-refractivity contribution in [3.63, 3.8) is 0 Å². The highest BCUT2D eigenvalue weighted by molar-refractivity contribution is 5.59. The molecule has 2 aliphatic carbocycles. The highest BCUT2D eigenvalue weighted by Gasteiger charge is 2.33. The summed E-state index contributed by atoms with van der Waals surface area (Å²) in [6, 6.07) is 8.45. The molecule has 2 aromatic rings. The molecule has 0 N–H and O–H groups in total. The topological polar surface area (TPSA) is 96.3 Å². The summed E-state index contributed by atoms with van der Waals surface area (Å²) in [4.78, 5) is 0. The van der Waals surface area contributed by atoms with Gasteiger partial charge in [-0.1, -0.05) is 12.1 Å². The normalized spacial score (nSPS) is 30.6. The van der Waals surface area contributed by atoms with Gasteiger partial charge in [-0.25, -0.2) is 0 Å². The number of ether oxygens (including phenoxy) is 9. The fourth-order valence-electron chi connectivity index (χ4n) is 5.85. The highest BCUT2D eigenvalue weighted by Crippen LogP contribution is 2.47. The number of rotatable bonds is 14. The van der Waals surface area contributed by atoms with Crippen molar-refractivity contribution >= 4 is 0 Å². The van der Waals surface area contributed by atoms with Crippen LogP contribution in [0.3, 0.4) is 0 Å². The van der Waals surface area contributed by atoms with Gasteiger partial charge in [0.2, 0.25) is 0 Å². The van der Waals surface area contributed by atoms with Crippen LogP contribution >= 0.6 is 0 Å². The molecule has 220 valence electrons. The zero-order valence-electron chi connectivity index (χ0n) is 23.3. The standard InChI is InChI=1S/C32H38O9/c1-5-21(33-11-23-13-35-23)9-27-19(1)3-7-29(39-17-25-15-37-25)31(27)41-32-28-10-22(34-12-24-14-36-24)6-2-20(28)4-8-30(32)40-18-26-16-38-26/h3-4,7-8,21-26H,1-2,5-6,9-18H2. The third kappa shape index (κ3) is 6.50. The maximum absolute atomic E-state index is 7.02. The van der Waals surface area contributed by atoms with Crippen molar-refractivity contribution in [2.75, 3.05) is 52.9 Å². The van der Waals surface area contributed by atoms with Gasteiger partial charge in [-0.3, -0.25) is 0 Å². The van der Waals surface area contributed by atoms with Gasteiger partial charge in [0, 0.05) is 24.0 Å². The van der Waals surface area contributed by atoms with Crippen LogP contribution in [0.25, 0.3) is 0 Å². The van der Waals surface area contributed by atoms with Gasteiger partial charge >= 0.3 is 0 Å². The molecule has 6 atom stereocenters. The molecule has 0 aromatic heterocycles. The van der Waals surface area contributed by atoms with Crippen molar-refractivity contribution in [3.05, 3.63) is 46.5 Å². The second-order valence-corrected chi connectivity index (χ2v) is 12.0. The fraction of sp³-hybridized carbons (Fsp3) is 0.625. The molecule has 4 saturated heterocycles. The average molecular weight is 567 g/mol. The summed E-state index contributed by atoms with van der Waals surface area (Å²) in [6.07, 6.45) is 6.37. The SMILES string of the molecule is c1cc(OCC2CO2)c(Oc2c(OCC3CO3)ccc3c2CC(OCC2CO2)CC3)c2c1CCC(OCC1CO1)C2. The lowest BCUT2D eigenvalue weighted by atomic mass is 9.87. The van der Waals surface area contributed by atoms with Crippen molar-refractivity contribution < 1.29 is 42.6 Å². The molecule has 0 amide bonds. The Morgan fingerprint density at radius 3 is 1.39 bits per heavy atom. The largest absolute Gasteiger partial charge is 0.487 e. The van der Waals surface area contributed by atoms with Crippen molar-refractivity contribution in [2.24, 2.45) is 0 Å². The van der Waals surface area contributed by atoms with E-state index in [9.17, 15) is 0 Å². The second kappa shape index (κ2) is 11.4. The summed E-state index contributed by atoms with van der Waals surface area (Å²) in [5.74, 6) is 2.98. The van der Waals surface area contributed by atoms with E-state index >= 15 is 0 Å². The summed E-state index contributed by atoms with van der Waals surface area (Å²) < 4.78 is 53.8. The van der Waals surface area contributed by atoms with E-state index in [4.69, 9.17) is 42.6 Å². The van der Waals surface area contributed by atoms with Gasteiger partial charge in [-0.2, -0.15) is 0 Å². The first-order valence-corrected chi connectivity index (χ1v) is 15.2. The van der Waals surface area contributed by atoms with E-state index in [0.717, 1.165) is 99.1 Å². The Labute approximate surface area is 240 Å². The number of hydrogen-bond acceptors (Lipinski definition) is 9. The van der Waals surface area contributed by atoms with E-state index in [-0.39, 0.29) is 36.6 Å². The maximum atomic E-state index is 7.02. The summed E-state index contributed by atoms with van der Waals surface area (Å²) in [5, 5.41) is 0. The Morgan fingerprint density at radius 2 is 0.976 bits per heavy atom. The van der Waals surface area contributed by atoms with Gasteiger partial charge in [0.05, 0.1) is 51.8 Å². The summed E-state index contributed by atoms with van der Waals surface area (Å²) in [5.41, 5.74) is 4.86. The predicted octanol–water partition coefficient (Wildman–Crippen LogP) is 3.58. The first kappa shape index (κ1) is 26.2. The molecule has 4 fully saturated rings. The summed E-state index contributed by atoms with van der Waals surface area (Å²) in [6.45, 7) is 5.36. The number of aryl methyl sites for hydroxylation is 2. The minimum absolute atomic E-state index is 0.117. The van der Waals surface area contributed by atoms with Gasteiger partial charge in [0.15, 0.2) is 23.0 Å². The van der Waals surface area contributed by atoms with E-state index < -0.39 is 0 Å². The Hall–Kier alpha value is -2.40. The maximum Gasteiger partial charge on any atom is 0.173 e. The first-order chi connectivity index (χ1) is 20.2. The lowest BCUT2D eigenvalue weighted by Crippen LogP contribution is -2.26. The number of hydrogen-bond donors (Lipinski definition) is 0. The molecule has 6 unspecified atom stereocenters. The van der Waals surface area contributed by atoms with Crippen LogP contribution in [0.2, 0.25) is 0 Å². The van der Waals surface area contributed by atoms with E-state index in [1.807, 2.05) is 12.1 Å². The Morgan fingerprint density at radius 1 is 0.561 bits per heavy atom. The minimum atomic E-state index is 0.117. The van der Waals surface area contributed by atoms with Crippen molar-refractivity contribution in [3.8, 4) is 23.0 Å².